The Labute approximate surface area is 112 Å². The van der Waals surface area contributed by atoms with Crippen molar-refractivity contribution in [3.8, 4) is 0 Å². The van der Waals surface area contributed by atoms with Crippen LogP contribution in [0.4, 0.5) is 0 Å². The third-order valence-electron chi connectivity index (χ3n) is 3.78. The normalized spacial score (nSPS) is 18.8. The van der Waals surface area contributed by atoms with Gasteiger partial charge in [-0.25, -0.2) is 8.42 Å². The van der Waals surface area contributed by atoms with E-state index in [0.29, 0.717) is 0 Å². The Morgan fingerprint density at radius 3 is 2.11 bits per heavy atom. The highest BCUT2D eigenvalue weighted by molar-refractivity contribution is 7.91. The van der Waals surface area contributed by atoms with Crippen LogP contribution in [0.25, 0.3) is 0 Å². The monoisotopic (exact) mass is 280 g/mol. The average Bonchev–Trinajstić information content (AvgIpc) is 2.66. The van der Waals surface area contributed by atoms with Crippen molar-refractivity contribution in [2.75, 3.05) is 5.75 Å². The van der Waals surface area contributed by atoms with Gasteiger partial charge in [-0.15, -0.1) is 0 Å². The molecule has 1 fully saturated rings. The molecule has 1 aliphatic carbocycles. The molecule has 2 rings (SSSR count). The number of rotatable bonds is 4. The molecule has 102 valence electrons. The number of hydrogen-bond donors (Lipinski definition) is 0. The summed E-state index contributed by atoms with van der Waals surface area (Å²) in [5, 5.41) is 0. The third-order valence-corrected chi connectivity index (χ3v) is 5.52. The Hall–Kier alpha value is -1.49. The van der Waals surface area contributed by atoms with Crippen LogP contribution in [0.1, 0.15) is 26.2 Å². The van der Waals surface area contributed by atoms with Crippen molar-refractivity contribution >= 4 is 21.4 Å². The van der Waals surface area contributed by atoms with Crippen molar-refractivity contribution in [2.45, 2.75) is 31.1 Å². The van der Waals surface area contributed by atoms with Crippen LogP contribution in [-0.4, -0.2) is 25.7 Å². The predicted octanol–water partition coefficient (Wildman–Crippen LogP) is 1.79. The van der Waals surface area contributed by atoms with E-state index < -0.39 is 15.3 Å². The number of benzene rings is 1. The molecule has 19 heavy (non-hydrogen) atoms. The van der Waals surface area contributed by atoms with Crippen LogP contribution in [0.3, 0.4) is 0 Å². The summed E-state index contributed by atoms with van der Waals surface area (Å²) in [6, 6.07) is 8.09. The van der Waals surface area contributed by atoms with Gasteiger partial charge in [-0.2, -0.15) is 0 Å². The zero-order chi connectivity index (χ0) is 14.1. The molecule has 0 amide bonds. The van der Waals surface area contributed by atoms with Gasteiger partial charge >= 0.3 is 0 Å². The van der Waals surface area contributed by atoms with E-state index in [9.17, 15) is 18.0 Å². The fourth-order valence-corrected chi connectivity index (χ4v) is 3.78. The van der Waals surface area contributed by atoms with E-state index in [2.05, 4.69) is 0 Å². The van der Waals surface area contributed by atoms with Gasteiger partial charge in [0.25, 0.3) is 0 Å². The zero-order valence-corrected chi connectivity index (χ0v) is 11.6. The summed E-state index contributed by atoms with van der Waals surface area (Å²) in [7, 11) is -3.44. The van der Waals surface area contributed by atoms with Gasteiger partial charge in [-0.3, -0.25) is 9.59 Å². The molecule has 0 bridgehead atoms. The van der Waals surface area contributed by atoms with Gasteiger partial charge < -0.3 is 0 Å². The molecule has 5 heteroatoms. The number of hydrogen-bond acceptors (Lipinski definition) is 4. The van der Waals surface area contributed by atoms with E-state index in [1.165, 1.54) is 12.1 Å². The number of carbonyl (C=O) groups excluding carboxylic acids is 2. The average molecular weight is 280 g/mol. The third kappa shape index (κ3) is 2.61. The smallest absolute Gasteiger partial charge is 0.178 e. The zero-order valence-electron chi connectivity index (χ0n) is 10.8. The van der Waals surface area contributed by atoms with Gasteiger partial charge in [0.15, 0.2) is 9.84 Å². The minimum absolute atomic E-state index is 0.0713. The van der Waals surface area contributed by atoms with Gasteiger partial charge in [0.1, 0.15) is 11.6 Å². The number of sulfone groups is 1. The second-order valence-electron chi connectivity index (χ2n) is 5.06. The molecule has 0 unspecified atom stereocenters. The van der Waals surface area contributed by atoms with Crippen LogP contribution in [0.5, 0.6) is 0 Å². The second kappa shape index (κ2) is 4.89. The van der Waals surface area contributed by atoms with E-state index in [0.717, 1.165) is 0 Å². The lowest BCUT2D eigenvalue weighted by molar-refractivity contribution is -0.133. The minimum atomic E-state index is -3.44. The first-order valence-electron chi connectivity index (χ1n) is 6.21. The highest BCUT2D eigenvalue weighted by Gasteiger charge is 2.45. The highest BCUT2D eigenvalue weighted by Crippen LogP contribution is 2.35. The fourth-order valence-electron chi connectivity index (χ4n) is 2.30. The quantitative estimate of drug-likeness (QED) is 0.788. The van der Waals surface area contributed by atoms with Crippen molar-refractivity contribution in [3.63, 3.8) is 0 Å². The molecule has 4 nitrogen and oxygen atoms in total. The summed E-state index contributed by atoms with van der Waals surface area (Å²) in [5.74, 6) is -0.452. The van der Waals surface area contributed by atoms with Gasteiger partial charge in [-0.05, 0) is 25.5 Å². The van der Waals surface area contributed by atoms with Crippen molar-refractivity contribution in [3.05, 3.63) is 30.3 Å². The molecule has 1 saturated carbocycles. The maximum absolute atomic E-state index is 12.1. The minimum Gasteiger partial charge on any atom is -0.299 e. The number of ketones is 2. The fraction of sp³-hybridized carbons (Fsp3) is 0.429. The van der Waals surface area contributed by atoms with Crippen LogP contribution in [0, 0.1) is 5.41 Å². The first-order chi connectivity index (χ1) is 8.86. The maximum atomic E-state index is 12.1. The molecule has 0 saturated heterocycles. The van der Waals surface area contributed by atoms with E-state index in [4.69, 9.17) is 0 Å². The molecule has 0 spiro atoms. The molecular weight excluding hydrogens is 264 g/mol. The molecule has 1 aromatic carbocycles. The molecule has 0 atom stereocenters. The predicted molar refractivity (Wildman–Crippen MR) is 70.5 cm³/mol. The lowest BCUT2D eigenvalue weighted by Gasteiger charge is -2.19. The Morgan fingerprint density at radius 2 is 1.58 bits per heavy atom. The summed E-state index contributed by atoms with van der Waals surface area (Å²) in [6.45, 7) is 1.56. The summed E-state index contributed by atoms with van der Waals surface area (Å²) in [6.07, 6.45) is 0.545. The van der Waals surface area contributed by atoms with E-state index in [1.807, 2.05) is 0 Å². The molecule has 0 N–H and O–H groups in total. The summed E-state index contributed by atoms with van der Waals surface area (Å²) in [5.41, 5.74) is -1.11. The van der Waals surface area contributed by atoms with Crippen LogP contribution >= 0.6 is 0 Å². The van der Waals surface area contributed by atoms with Crippen LogP contribution in [0.15, 0.2) is 35.2 Å². The largest absolute Gasteiger partial charge is 0.299 e. The number of Topliss-reactive ketones (excluding diaryl/α,β-unsaturated/α-hetero) is 2. The summed E-state index contributed by atoms with van der Waals surface area (Å²) >= 11 is 0. The molecule has 1 aromatic rings. The van der Waals surface area contributed by atoms with E-state index in [1.54, 1.807) is 25.1 Å². The SMILES string of the molecule is CC1(CCS(=O)(=O)c2ccccc2)C(=O)CCC1=O. The number of carbonyl (C=O) groups is 2. The molecule has 1 aliphatic rings. The first kappa shape index (κ1) is 13.9. The van der Waals surface area contributed by atoms with Crippen LogP contribution < -0.4 is 0 Å². The van der Waals surface area contributed by atoms with Gasteiger partial charge in [0, 0.05) is 12.8 Å². The highest BCUT2D eigenvalue weighted by atomic mass is 32.2. The van der Waals surface area contributed by atoms with E-state index in [-0.39, 0.29) is 41.5 Å². The van der Waals surface area contributed by atoms with Crippen molar-refractivity contribution in [2.24, 2.45) is 5.41 Å². The Bertz CT molecular complexity index is 586. The first-order valence-corrected chi connectivity index (χ1v) is 7.86. The summed E-state index contributed by atoms with van der Waals surface area (Å²) < 4.78 is 24.2. The van der Waals surface area contributed by atoms with Crippen molar-refractivity contribution in [1.82, 2.24) is 0 Å². The topological polar surface area (TPSA) is 68.3 Å². The van der Waals surface area contributed by atoms with Crippen LogP contribution in [0.2, 0.25) is 0 Å². The van der Waals surface area contributed by atoms with Gasteiger partial charge in [0.2, 0.25) is 0 Å². The van der Waals surface area contributed by atoms with Crippen molar-refractivity contribution < 1.29 is 18.0 Å². The molecule has 0 aromatic heterocycles. The summed E-state index contributed by atoms with van der Waals surface area (Å²) in [4.78, 5) is 23.7. The lowest BCUT2D eigenvalue weighted by atomic mass is 9.84. The lowest BCUT2D eigenvalue weighted by Crippen LogP contribution is -2.31. The second-order valence-corrected chi connectivity index (χ2v) is 7.17. The van der Waals surface area contributed by atoms with Gasteiger partial charge in [0.05, 0.1) is 16.1 Å². The molecule has 0 heterocycles. The Kier molecular flexibility index (Phi) is 3.58. The van der Waals surface area contributed by atoms with E-state index >= 15 is 0 Å². The van der Waals surface area contributed by atoms with Gasteiger partial charge in [-0.1, -0.05) is 18.2 Å². The Balaban J connectivity index is 2.15. The molecule has 0 aliphatic heterocycles. The van der Waals surface area contributed by atoms with Crippen molar-refractivity contribution in [1.29, 1.82) is 0 Å². The Morgan fingerprint density at radius 1 is 1.05 bits per heavy atom. The molecule has 0 radical (unpaired) electrons. The maximum Gasteiger partial charge on any atom is 0.178 e. The standard InChI is InChI=1S/C14H16O4S/c1-14(12(15)7-8-13(14)16)9-10-19(17,18)11-5-3-2-4-6-11/h2-6H,7-10H2,1H3. The molecular formula is C14H16O4S. The van der Waals surface area contributed by atoms with Crippen LogP contribution in [-0.2, 0) is 19.4 Å².